The van der Waals surface area contributed by atoms with Gasteiger partial charge < -0.3 is 4.90 Å². The first-order valence-electron chi connectivity index (χ1n) is 6.54. The Morgan fingerprint density at radius 2 is 2.10 bits per heavy atom. The summed E-state index contributed by atoms with van der Waals surface area (Å²) in [5.74, 6) is -1.30. The van der Waals surface area contributed by atoms with Crippen LogP contribution in [0.3, 0.4) is 0 Å². The molecule has 0 bridgehead atoms. The molecule has 2 rings (SSSR count). The molecule has 0 aromatic heterocycles. The van der Waals surface area contributed by atoms with Crippen molar-refractivity contribution in [3.05, 3.63) is 28.0 Å². The van der Waals surface area contributed by atoms with Crippen molar-refractivity contribution in [2.75, 3.05) is 6.54 Å². The lowest BCUT2D eigenvalue weighted by atomic mass is 10.0. The van der Waals surface area contributed by atoms with Crippen LogP contribution in [-0.2, 0) is 10.0 Å². The molecule has 0 saturated carbocycles. The Kier molecular flexibility index (Phi) is 4.69. The van der Waals surface area contributed by atoms with E-state index in [2.05, 4.69) is 15.9 Å². The fourth-order valence-electron chi connectivity index (χ4n) is 2.47. The van der Waals surface area contributed by atoms with Crippen LogP contribution in [0, 0.1) is 5.82 Å². The molecule has 1 fully saturated rings. The summed E-state index contributed by atoms with van der Waals surface area (Å²) in [4.78, 5) is 13.6. The molecule has 21 heavy (non-hydrogen) atoms. The standard InChI is InChI=1S/C13H16BrFN2O3S/c1-8-4-2-3-5-17(8)13(18)9-6-12(21(16,19)20)11(15)7-10(9)14/h6-8H,2-5H2,1H3,(H2,16,19,20). The smallest absolute Gasteiger partial charge is 0.255 e. The van der Waals surface area contributed by atoms with Crippen molar-refractivity contribution in [1.29, 1.82) is 0 Å². The molecule has 1 atom stereocenters. The summed E-state index contributed by atoms with van der Waals surface area (Å²) in [5, 5.41) is 4.97. The molecule has 0 spiro atoms. The maximum absolute atomic E-state index is 13.7. The summed E-state index contributed by atoms with van der Waals surface area (Å²) in [5.41, 5.74) is 0.106. The van der Waals surface area contributed by atoms with Gasteiger partial charge in [0.1, 0.15) is 10.7 Å². The highest BCUT2D eigenvalue weighted by molar-refractivity contribution is 9.10. The summed E-state index contributed by atoms with van der Waals surface area (Å²) in [6.45, 7) is 2.55. The monoisotopic (exact) mass is 378 g/mol. The van der Waals surface area contributed by atoms with E-state index in [0.717, 1.165) is 31.4 Å². The molecule has 0 radical (unpaired) electrons. The first-order chi connectivity index (χ1) is 9.71. The lowest BCUT2D eigenvalue weighted by molar-refractivity contribution is 0.0634. The van der Waals surface area contributed by atoms with Crippen LogP contribution in [0.4, 0.5) is 4.39 Å². The fraction of sp³-hybridized carbons (Fsp3) is 0.462. The average Bonchev–Trinajstić information content (AvgIpc) is 2.37. The van der Waals surface area contributed by atoms with Crippen LogP contribution in [-0.4, -0.2) is 31.8 Å². The molecule has 0 aliphatic carbocycles. The zero-order chi connectivity index (χ0) is 15.8. The van der Waals surface area contributed by atoms with E-state index in [1.165, 1.54) is 0 Å². The third-order valence-corrected chi connectivity index (χ3v) is 5.20. The number of primary sulfonamides is 1. The van der Waals surface area contributed by atoms with Gasteiger partial charge in [0.25, 0.3) is 5.91 Å². The number of hydrogen-bond donors (Lipinski definition) is 1. The fourth-order valence-corrected chi connectivity index (χ4v) is 3.56. The third kappa shape index (κ3) is 3.44. The number of likely N-dealkylation sites (tertiary alicyclic amines) is 1. The highest BCUT2D eigenvalue weighted by Crippen LogP contribution is 2.27. The predicted octanol–water partition coefficient (Wildman–Crippen LogP) is 2.25. The number of halogens is 2. The zero-order valence-corrected chi connectivity index (χ0v) is 13.9. The van der Waals surface area contributed by atoms with Crippen molar-refractivity contribution < 1.29 is 17.6 Å². The van der Waals surface area contributed by atoms with Crippen molar-refractivity contribution >= 4 is 31.9 Å². The second-order valence-corrected chi connectivity index (χ2v) is 7.54. The summed E-state index contributed by atoms with van der Waals surface area (Å²) in [6.07, 6.45) is 2.85. The largest absolute Gasteiger partial charge is 0.336 e. The van der Waals surface area contributed by atoms with Crippen LogP contribution in [0.15, 0.2) is 21.5 Å². The Morgan fingerprint density at radius 3 is 2.67 bits per heavy atom. The van der Waals surface area contributed by atoms with E-state index in [-0.39, 0.29) is 22.0 Å². The normalized spacial score (nSPS) is 19.6. The van der Waals surface area contributed by atoms with E-state index in [1.807, 2.05) is 6.92 Å². The highest BCUT2D eigenvalue weighted by atomic mass is 79.9. The van der Waals surface area contributed by atoms with Gasteiger partial charge in [-0.3, -0.25) is 4.79 Å². The summed E-state index contributed by atoms with van der Waals surface area (Å²) >= 11 is 3.11. The maximum Gasteiger partial charge on any atom is 0.255 e. The van der Waals surface area contributed by atoms with Crippen LogP contribution in [0.2, 0.25) is 0 Å². The summed E-state index contributed by atoms with van der Waals surface area (Å²) in [7, 11) is -4.22. The van der Waals surface area contributed by atoms with E-state index < -0.39 is 20.7 Å². The van der Waals surface area contributed by atoms with Gasteiger partial charge >= 0.3 is 0 Å². The molecule has 1 unspecified atom stereocenters. The third-order valence-electron chi connectivity index (χ3n) is 3.62. The van der Waals surface area contributed by atoms with E-state index in [9.17, 15) is 17.6 Å². The minimum Gasteiger partial charge on any atom is -0.336 e. The number of benzene rings is 1. The molecule has 8 heteroatoms. The van der Waals surface area contributed by atoms with Gasteiger partial charge in [0.2, 0.25) is 10.0 Å². The van der Waals surface area contributed by atoms with Crippen LogP contribution >= 0.6 is 15.9 Å². The van der Waals surface area contributed by atoms with Crippen molar-refractivity contribution in [2.24, 2.45) is 5.14 Å². The zero-order valence-electron chi connectivity index (χ0n) is 11.5. The first-order valence-corrected chi connectivity index (χ1v) is 8.88. The van der Waals surface area contributed by atoms with Crippen LogP contribution in [0.1, 0.15) is 36.5 Å². The molecular weight excluding hydrogens is 363 g/mol. The van der Waals surface area contributed by atoms with E-state index in [4.69, 9.17) is 5.14 Å². The van der Waals surface area contributed by atoms with Gasteiger partial charge in [0.15, 0.2) is 0 Å². The van der Waals surface area contributed by atoms with Gasteiger partial charge in [-0.2, -0.15) is 0 Å². The van der Waals surface area contributed by atoms with Crippen molar-refractivity contribution in [2.45, 2.75) is 37.1 Å². The van der Waals surface area contributed by atoms with Gasteiger partial charge in [-0.1, -0.05) is 0 Å². The molecule has 1 heterocycles. The average molecular weight is 379 g/mol. The number of hydrogen-bond acceptors (Lipinski definition) is 3. The number of carbonyl (C=O) groups is 1. The first kappa shape index (κ1) is 16.4. The molecule has 1 aliphatic heterocycles. The lowest BCUT2D eigenvalue weighted by Gasteiger charge is -2.33. The quantitative estimate of drug-likeness (QED) is 0.856. The number of amides is 1. The summed E-state index contributed by atoms with van der Waals surface area (Å²) in [6, 6.07) is 2.03. The molecule has 1 aromatic rings. The molecule has 1 aromatic carbocycles. The van der Waals surface area contributed by atoms with Gasteiger partial charge in [0.05, 0.1) is 5.56 Å². The Bertz CT molecular complexity index is 678. The molecule has 1 aliphatic rings. The van der Waals surface area contributed by atoms with Crippen molar-refractivity contribution in [3.8, 4) is 0 Å². The molecule has 1 saturated heterocycles. The molecule has 116 valence electrons. The molecule has 2 N–H and O–H groups in total. The van der Waals surface area contributed by atoms with Crippen LogP contribution in [0.25, 0.3) is 0 Å². The van der Waals surface area contributed by atoms with Crippen molar-refractivity contribution in [1.82, 2.24) is 4.90 Å². The predicted molar refractivity (Wildman–Crippen MR) is 79.8 cm³/mol. The maximum atomic E-state index is 13.7. The van der Waals surface area contributed by atoms with E-state index in [1.54, 1.807) is 4.90 Å². The highest BCUT2D eigenvalue weighted by Gasteiger charge is 2.27. The number of piperidine rings is 1. The van der Waals surface area contributed by atoms with Gasteiger partial charge in [0, 0.05) is 17.1 Å². The number of carbonyl (C=O) groups excluding carboxylic acids is 1. The van der Waals surface area contributed by atoms with Gasteiger partial charge in [-0.05, 0) is 54.2 Å². The Labute approximate surface area is 131 Å². The SMILES string of the molecule is CC1CCCCN1C(=O)c1cc(S(N)(=O)=O)c(F)cc1Br. The lowest BCUT2D eigenvalue weighted by Crippen LogP contribution is -2.42. The topological polar surface area (TPSA) is 80.5 Å². The second kappa shape index (κ2) is 6.02. The number of sulfonamides is 1. The molecular formula is C13H16BrFN2O3S. The number of nitrogens with two attached hydrogens (primary N) is 1. The Morgan fingerprint density at radius 1 is 1.43 bits per heavy atom. The second-order valence-electron chi connectivity index (χ2n) is 5.15. The van der Waals surface area contributed by atoms with E-state index >= 15 is 0 Å². The van der Waals surface area contributed by atoms with Gasteiger partial charge in [-0.25, -0.2) is 17.9 Å². The minimum absolute atomic E-state index is 0.0705. The van der Waals surface area contributed by atoms with Gasteiger partial charge in [-0.15, -0.1) is 0 Å². The van der Waals surface area contributed by atoms with Crippen molar-refractivity contribution in [3.63, 3.8) is 0 Å². The van der Waals surface area contributed by atoms with E-state index in [0.29, 0.717) is 6.54 Å². The number of nitrogens with zero attached hydrogens (tertiary/aromatic N) is 1. The summed E-state index contributed by atoms with van der Waals surface area (Å²) < 4.78 is 36.7. The molecule has 5 nitrogen and oxygen atoms in total. The number of rotatable bonds is 2. The minimum atomic E-state index is -4.22. The Hall–Kier alpha value is -0.990. The van der Waals surface area contributed by atoms with Crippen LogP contribution in [0.5, 0.6) is 0 Å². The van der Waals surface area contributed by atoms with Crippen LogP contribution < -0.4 is 5.14 Å². The molecule has 1 amide bonds. The Balaban J connectivity index is 2.46.